The molecule has 0 radical (unpaired) electrons. The van der Waals surface area contributed by atoms with Crippen molar-refractivity contribution in [2.45, 2.75) is 25.4 Å². The first kappa shape index (κ1) is 19.1. The second-order valence-corrected chi connectivity index (χ2v) is 7.22. The molecule has 1 aliphatic heterocycles. The first-order chi connectivity index (χ1) is 14.1. The highest BCUT2D eigenvalue weighted by Crippen LogP contribution is 2.40. The number of non-ortho nitro benzene ring substituents is 1. The van der Waals surface area contributed by atoms with E-state index in [9.17, 15) is 10.1 Å². The van der Waals surface area contributed by atoms with E-state index in [4.69, 9.17) is 16.6 Å². The SMILES string of the molecule is CCCN1C(=S)NC(c2ccccn2)C1c1ccc(-c2cccc([N+](=O)[O-])c2)o1. The molecule has 1 saturated heterocycles. The third-order valence-corrected chi connectivity index (χ3v) is 5.27. The van der Waals surface area contributed by atoms with Gasteiger partial charge in [-0.05, 0) is 42.9 Å². The van der Waals surface area contributed by atoms with Crippen LogP contribution in [0.15, 0.2) is 65.2 Å². The number of hydrogen-bond donors (Lipinski definition) is 1. The molecule has 0 saturated carbocycles. The van der Waals surface area contributed by atoms with Crippen molar-refractivity contribution < 1.29 is 9.34 Å². The summed E-state index contributed by atoms with van der Waals surface area (Å²) in [5.41, 5.74) is 1.57. The Kier molecular flexibility index (Phi) is 5.26. The number of thiocarbonyl (C=S) groups is 1. The summed E-state index contributed by atoms with van der Waals surface area (Å²) in [6, 6.07) is 15.7. The number of furan rings is 1. The predicted octanol–water partition coefficient (Wildman–Crippen LogP) is 4.63. The predicted molar refractivity (Wildman–Crippen MR) is 113 cm³/mol. The number of nitrogens with zero attached hydrogens (tertiary/aromatic N) is 3. The molecule has 29 heavy (non-hydrogen) atoms. The minimum absolute atomic E-state index is 0.0307. The molecule has 1 fully saturated rings. The summed E-state index contributed by atoms with van der Waals surface area (Å²) in [4.78, 5) is 17.3. The second kappa shape index (κ2) is 8.00. The van der Waals surface area contributed by atoms with E-state index in [0.717, 1.165) is 24.4 Å². The van der Waals surface area contributed by atoms with Crippen LogP contribution in [-0.4, -0.2) is 26.5 Å². The van der Waals surface area contributed by atoms with Gasteiger partial charge in [0.1, 0.15) is 17.6 Å². The van der Waals surface area contributed by atoms with Crippen LogP contribution < -0.4 is 5.32 Å². The van der Waals surface area contributed by atoms with Gasteiger partial charge in [0.05, 0.1) is 16.7 Å². The van der Waals surface area contributed by atoms with Gasteiger partial charge in [0.2, 0.25) is 0 Å². The van der Waals surface area contributed by atoms with Crippen molar-refractivity contribution in [3.8, 4) is 11.3 Å². The number of nitro benzene ring substituents is 1. The van der Waals surface area contributed by atoms with Crippen LogP contribution in [0.25, 0.3) is 11.3 Å². The fraction of sp³-hybridized carbons (Fsp3) is 0.238. The summed E-state index contributed by atoms with van der Waals surface area (Å²) in [7, 11) is 0. The van der Waals surface area contributed by atoms with Crippen LogP contribution in [0.5, 0.6) is 0 Å². The Morgan fingerprint density at radius 3 is 2.83 bits per heavy atom. The number of nitro groups is 1. The van der Waals surface area contributed by atoms with Crippen molar-refractivity contribution in [1.82, 2.24) is 15.2 Å². The van der Waals surface area contributed by atoms with Crippen LogP contribution in [-0.2, 0) is 0 Å². The van der Waals surface area contributed by atoms with Gasteiger partial charge in [-0.3, -0.25) is 15.1 Å². The molecule has 1 N–H and O–H groups in total. The van der Waals surface area contributed by atoms with E-state index in [-0.39, 0.29) is 17.8 Å². The van der Waals surface area contributed by atoms with Gasteiger partial charge in [-0.15, -0.1) is 0 Å². The fourth-order valence-corrected chi connectivity index (χ4v) is 3.97. The van der Waals surface area contributed by atoms with Crippen molar-refractivity contribution in [1.29, 1.82) is 0 Å². The van der Waals surface area contributed by atoms with Crippen LogP contribution in [0.4, 0.5) is 5.69 Å². The molecule has 4 rings (SSSR count). The largest absolute Gasteiger partial charge is 0.459 e. The third-order valence-electron chi connectivity index (χ3n) is 4.92. The summed E-state index contributed by atoms with van der Waals surface area (Å²) in [5.74, 6) is 1.32. The first-order valence-corrected chi connectivity index (χ1v) is 9.82. The summed E-state index contributed by atoms with van der Waals surface area (Å²) < 4.78 is 6.17. The molecule has 0 amide bonds. The van der Waals surface area contributed by atoms with Gasteiger partial charge in [-0.2, -0.15) is 0 Å². The van der Waals surface area contributed by atoms with Crippen LogP contribution >= 0.6 is 12.2 Å². The minimum Gasteiger partial charge on any atom is -0.459 e. The minimum atomic E-state index is -0.410. The molecule has 148 valence electrons. The molecule has 1 aliphatic rings. The molecular formula is C21H20N4O3S. The van der Waals surface area contributed by atoms with E-state index in [1.54, 1.807) is 18.3 Å². The normalized spacial score (nSPS) is 18.7. The molecule has 1 aromatic carbocycles. The maximum atomic E-state index is 11.1. The zero-order chi connectivity index (χ0) is 20.4. The molecular weight excluding hydrogens is 388 g/mol. The van der Waals surface area contributed by atoms with E-state index < -0.39 is 4.92 Å². The van der Waals surface area contributed by atoms with Gasteiger partial charge in [-0.1, -0.05) is 25.1 Å². The number of aromatic nitrogens is 1. The van der Waals surface area contributed by atoms with Crippen molar-refractivity contribution in [2.24, 2.45) is 0 Å². The molecule has 7 nitrogen and oxygen atoms in total. The zero-order valence-electron chi connectivity index (χ0n) is 15.8. The van der Waals surface area contributed by atoms with Crippen LogP contribution in [0, 0.1) is 10.1 Å². The third kappa shape index (κ3) is 3.71. The maximum absolute atomic E-state index is 11.1. The molecule has 0 bridgehead atoms. The Bertz CT molecular complexity index is 1040. The Morgan fingerprint density at radius 1 is 1.24 bits per heavy atom. The van der Waals surface area contributed by atoms with Gasteiger partial charge < -0.3 is 14.6 Å². The van der Waals surface area contributed by atoms with Gasteiger partial charge >= 0.3 is 0 Å². The average molecular weight is 408 g/mol. The van der Waals surface area contributed by atoms with Crippen molar-refractivity contribution in [3.63, 3.8) is 0 Å². The number of benzene rings is 1. The highest BCUT2D eigenvalue weighted by atomic mass is 32.1. The van der Waals surface area contributed by atoms with E-state index in [1.807, 2.05) is 30.3 Å². The lowest BCUT2D eigenvalue weighted by molar-refractivity contribution is -0.384. The number of hydrogen-bond acceptors (Lipinski definition) is 5. The Morgan fingerprint density at radius 2 is 2.10 bits per heavy atom. The first-order valence-electron chi connectivity index (χ1n) is 9.41. The highest BCUT2D eigenvalue weighted by molar-refractivity contribution is 7.80. The molecule has 0 spiro atoms. The molecule has 3 aromatic rings. The molecule has 2 atom stereocenters. The lowest BCUT2D eigenvalue weighted by atomic mass is 10.0. The van der Waals surface area contributed by atoms with E-state index >= 15 is 0 Å². The van der Waals surface area contributed by atoms with E-state index in [2.05, 4.69) is 22.1 Å². The summed E-state index contributed by atoms with van der Waals surface area (Å²) in [6.07, 6.45) is 2.70. The number of pyridine rings is 1. The Hall–Kier alpha value is -3.26. The van der Waals surface area contributed by atoms with Crippen molar-refractivity contribution >= 4 is 23.0 Å². The zero-order valence-corrected chi connectivity index (χ0v) is 16.6. The fourth-order valence-electron chi connectivity index (χ4n) is 3.64. The highest BCUT2D eigenvalue weighted by Gasteiger charge is 2.41. The van der Waals surface area contributed by atoms with Crippen LogP contribution in [0.2, 0.25) is 0 Å². The maximum Gasteiger partial charge on any atom is 0.270 e. The van der Waals surface area contributed by atoms with Gasteiger partial charge in [-0.25, -0.2) is 0 Å². The summed E-state index contributed by atoms with van der Waals surface area (Å²) in [5, 5.41) is 15.1. The van der Waals surface area contributed by atoms with Crippen LogP contribution in [0.3, 0.4) is 0 Å². The molecule has 2 aromatic heterocycles. The number of nitrogens with one attached hydrogen (secondary N) is 1. The molecule has 3 heterocycles. The molecule has 8 heteroatoms. The number of rotatable bonds is 6. The quantitative estimate of drug-likeness (QED) is 0.361. The Balaban J connectivity index is 1.72. The van der Waals surface area contributed by atoms with Gasteiger partial charge in [0.15, 0.2) is 5.11 Å². The smallest absolute Gasteiger partial charge is 0.270 e. The topological polar surface area (TPSA) is 84.4 Å². The van der Waals surface area contributed by atoms with Crippen molar-refractivity contribution in [2.75, 3.05) is 6.54 Å². The van der Waals surface area contributed by atoms with Gasteiger partial charge in [0, 0.05) is 30.4 Å². The van der Waals surface area contributed by atoms with Crippen molar-refractivity contribution in [3.05, 3.63) is 82.4 Å². The van der Waals surface area contributed by atoms with Gasteiger partial charge in [0.25, 0.3) is 5.69 Å². The monoisotopic (exact) mass is 408 g/mol. The lowest BCUT2D eigenvalue weighted by Crippen LogP contribution is -2.30. The molecule has 0 aliphatic carbocycles. The average Bonchev–Trinajstić information content (AvgIpc) is 3.34. The standard InChI is InChI=1S/C21H20N4O3S/c1-2-12-24-20(19(23-21(24)29)16-8-3-4-11-22-16)18-10-9-17(28-18)14-6-5-7-15(13-14)25(26)27/h3-11,13,19-20H,2,12H2,1H3,(H,23,29). The summed E-state index contributed by atoms with van der Waals surface area (Å²) >= 11 is 5.58. The van der Waals surface area contributed by atoms with Crippen LogP contribution in [0.1, 0.15) is 36.9 Å². The second-order valence-electron chi connectivity index (χ2n) is 6.83. The summed E-state index contributed by atoms with van der Waals surface area (Å²) in [6.45, 7) is 2.89. The van der Waals surface area contributed by atoms with E-state index in [0.29, 0.717) is 16.4 Å². The molecule has 2 unspecified atom stereocenters. The van der Waals surface area contributed by atoms with E-state index in [1.165, 1.54) is 12.1 Å². The Labute approximate surface area is 173 Å². The lowest BCUT2D eigenvalue weighted by Gasteiger charge is -2.25.